The SMILES string of the molecule is Cc1ccc(S(=O)(=O)NCCc2ccc(Oc3ccc(F)cc3)cc2)cc1C(=O)O. The van der Waals surface area contributed by atoms with Crippen LogP contribution < -0.4 is 9.46 Å². The molecule has 0 spiro atoms. The molecule has 0 aromatic heterocycles. The van der Waals surface area contributed by atoms with Crippen LogP contribution in [-0.2, 0) is 16.4 Å². The van der Waals surface area contributed by atoms with Crippen molar-refractivity contribution in [3.05, 3.63) is 89.2 Å². The summed E-state index contributed by atoms with van der Waals surface area (Å²) in [6.07, 6.45) is 0.438. The van der Waals surface area contributed by atoms with Crippen LogP contribution in [0.1, 0.15) is 21.5 Å². The van der Waals surface area contributed by atoms with E-state index < -0.39 is 16.0 Å². The lowest BCUT2D eigenvalue weighted by atomic mass is 10.1. The molecule has 0 heterocycles. The number of ether oxygens (including phenoxy) is 1. The molecule has 0 radical (unpaired) electrons. The Morgan fingerprint density at radius 3 is 2.20 bits per heavy atom. The van der Waals surface area contributed by atoms with Gasteiger partial charge in [-0.15, -0.1) is 0 Å². The second kappa shape index (κ2) is 9.06. The quantitative estimate of drug-likeness (QED) is 0.561. The lowest BCUT2D eigenvalue weighted by Crippen LogP contribution is -2.26. The standard InChI is InChI=1S/C22H20FNO5S/c1-15-2-11-20(14-21(15)22(25)26)30(27,28)24-13-12-16-3-7-18(8-4-16)29-19-9-5-17(23)6-10-19/h2-11,14,24H,12-13H2,1H3,(H,25,26). The zero-order chi connectivity index (χ0) is 21.7. The van der Waals surface area contributed by atoms with Gasteiger partial charge in [-0.25, -0.2) is 22.3 Å². The van der Waals surface area contributed by atoms with Gasteiger partial charge in [0.2, 0.25) is 10.0 Å². The van der Waals surface area contributed by atoms with Crippen LogP contribution >= 0.6 is 0 Å². The minimum atomic E-state index is -3.82. The lowest BCUT2D eigenvalue weighted by molar-refractivity contribution is 0.0696. The first-order valence-electron chi connectivity index (χ1n) is 9.10. The van der Waals surface area contributed by atoms with Gasteiger partial charge in [0.1, 0.15) is 17.3 Å². The molecule has 2 N–H and O–H groups in total. The van der Waals surface area contributed by atoms with Gasteiger partial charge in [0.25, 0.3) is 0 Å². The lowest BCUT2D eigenvalue weighted by Gasteiger charge is -2.10. The van der Waals surface area contributed by atoms with Crippen LogP contribution in [0.15, 0.2) is 71.6 Å². The van der Waals surface area contributed by atoms with E-state index in [1.807, 2.05) is 12.1 Å². The number of halogens is 1. The molecular formula is C22H20FNO5S. The van der Waals surface area contributed by atoms with Crippen LogP contribution in [0, 0.1) is 12.7 Å². The second-order valence-electron chi connectivity index (χ2n) is 6.63. The van der Waals surface area contributed by atoms with E-state index in [9.17, 15) is 17.6 Å². The summed E-state index contributed by atoms with van der Waals surface area (Å²) in [6.45, 7) is 1.76. The number of sulfonamides is 1. The molecule has 3 aromatic carbocycles. The van der Waals surface area contributed by atoms with Crippen molar-refractivity contribution in [1.82, 2.24) is 4.72 Å². The third kappa shape index (κ3) is 5.43. The van der Waals surface area contributed by atoms with E-state index in [2.05, 4.69) is 4.72 Å². The maximum absolute atomic E-state index is 12.9. The van der Waals surface area contributed by atoms with Gasteiger partial charge in [-0.05, 0) is 73.0 Å². The average molecular weight is 429 g/mol. The van der Waals surface area contributed by atoms with E-state index in [-0.39, 0.29) is 22.8 Å². The van der Waals surface area contributed by atoms with Crippen molar-refractivity contribution in [1.29, 1.82) is 0 Å². The number of aromatic carboxylic acids is 1. The number of hydrogen-bond acceptors (Lipinski definition) is 4. The first-order valence-corrected chi connectivity index (χ1v) is 10.6. The van der Waals surface area contributed by atoms with Crippen LogP contribution in [0.5, 0.6) is 11.5 Å². The number of rotatable bonds is 8. The molecule has 0 aliphatic carbocycles. The minimum absolute atomic E-state index is 0.0466. The summed E-state index contributed by atoms with van der Waals surface area (Å²) in [7, 11) is -3.82. The second-order valence-corrected chi connectivity index (χ2v) is 8.40. The molecular weight excluding hydrogens is 409 g/mol. The van der Waals surface area contributed by atoms with Crippen molar-refractivity contribution in [2.24, 2.45) is 0 Å². The van der Waals surface area contributed by atoms with E-state index in [1.54, 1.807) is 19.1 Å². The molecule has 8 heteroatoms. The maximum atomic E-state index is 12.9. The monoisotopic (exact) mass is 429 g/mol. The molecule has 0 fully saturated rings. The Morgan fingerprint density at radius 2 is 1.60 bits per heavy atom. The fourth-order valence-electron chi connectivity index (χ4n) is 2.77. The third-order valence-electron chi connectivity index (χ3n) is 4.43. The van der Waals surface area contributed by atoms with Gasteiger partial charge < -0.3 is 9.84 Å². The maximum Gasteiger partial charge on any atom is 0.335 e. The van der Waals surface area contributed by atoms with Gasteiger partial charge in [0.15, 0.2) is 0 Å². The highest BCUT2D eigenvalue weighted by atomic mass is 32.2. The van der Waals surface area contributed by atoms with Crippen molar-refractivity contribution in [2.75, 3.05) is 6.54 Å². The smallest absolute Gasteiger partial charge is 0.335 e. The van der Waals surface area contributed by atoms with Gasteiger partial charge in [-0.2, -0.15) is 0 Å². The van der Waals surface area contributed by atoms with Crippen LogP contribution in [0.3, 0.4) is 0 Å². The molecule has 30 heavy (non-hydrogen) atoms. The number of carboxylic acid groups (broad SMARTS) is 1. The first kappa shape index (κ1) is 21.5. The number of carboxylic acids is 1. The van der Waals surface area contributed by atoms with Gasteiger partial charge >= 0.3 is 5.97 Å². The van der Waals surface area contributed by atoms with E-state index in [0.717, 1.165) is 11.6 Å². The Labute approximate surface area is 174 Å². The van der Waals surface area contributed by atoms with Gasteiger partial charge in [-0.3, -0.25) is 0 Å². The number of benzene rings is 3. The topological polar surface area (TPSA) is 92.7 Å². The van der Waals surface area contributed by atoms with Gasteiger partial charge in [-0.1, -0.05) is 18.2 Å². The van der Waals surface area contributed by atoms with Crippen molar-refractivity contribution >= 4 is 16.0 Å². The molecule has 156 valence electrons. The van der Waals surface area contributed by atoms with Crippen molar-refractivity contribution in [3.63, 3.8) is 0 Å². The summed E-state index contributed by atoms with van der Waals surface area (Å²) >= 11 is 0. The fraction of sp³-hybridized carbons (Fsp3) is 0.136. The zero-order valence-electron chi connectivity index (χ0n) is 16.1. The van der Waals surface area contributed by atoms with Crippen LogP contribution in [0.25, 0.3) is 0 Å². The van der Waals surface area contributed by atoms with Gasteiger partial charge in [0.05, 0.1) is 10.5 Å². The van der Waals surface area contributed by atoms with Crippen molar-refractivity contribution in [3.8, 4) is 11.5 Å². The molecule has 0 saturated heterocycles. The summed E-state index contributed by atoms with van der Waals surface area (Å²) in [5, 5.41) is 9.17. The number of aryl methyl sites for hydroxylation is 1. The van der Waals surface area contributed by atoms with E-state index in [4.69, 9.17) is 9.84 Å². The minimum Gasteiger partial charge on any atom is -0.478 e. The number of carbonyl (C=O) groups is 1. The van der Waals surface area contributed by atoms with Crippen LogP contribution in [0.4, 0.5) is 4.39 Å². The Bertz CT molecular complexity index is 1140. The molecule has 0 atom stereocenters. The summed E-state index contributed by atoms with van der Waals surface area (Å²) < 4.78 is 45.9. The highest BCUT2D eigenvalue weighted by molar-refractivity contribution is 7.89. The molecule has 0 amide bonds. The summed E-state index contributed by atoms with van der Waals surface area (Å²) in [4.78, 5) is 11.1. The zero-order valence-corrected chi connectivity index (χ0v) is 16.9. The number of hydrogen-bond donors (Lipinski definition) is 2. The summed E-state index contributed by atoms with van der Waals surface area (Å²) in [5.74, 6) is -0.431. The number of nitrogens with one attached hydrogen (secondary N) is 1. The average Bonchev–Trinajstić information content (AvgIpc) is 2.71. The Morgan fingerprint density at radius 1 is 1.00 bits per heavy atom. The Hall–Kier alpha value is -3.23. The van der Waals surface area contributed by atoms with Crippen molar-refractivity contribution < 1.29 is 27.4 Å². The highest BCUT2D eigenvalue weighted by Gasteiger charge is 2.17. The summed E-state index contributed by atoms with van der Waals surface area (Å²) in [6, 6.07) is 16.8. The Balaban J connectivity index is 1.58. The molecule has 6 nitrogen and oxygen atoms in total. The summed E-state index contributed by atoms with van der Waals surface area (Å²) in [5.41, 5.74) is 1.33. The predicted molar refractivity (Wildman–Crippen MR) is 110 cm³/mol. The fourth-order valence-corrected chi connectivity index (χ4v) is 3.83. The van der Waals surface area contributed by atoms with Crippen LogP contribution in [-0.4, -0.2) is 26.0 Å². The molecule has 0 aliphatic rings. The molecule has 0 unspecified atom stereocenters. The van der Waals surface area contributed by atoms with Gasteiger partial charge in [0, 0.05) is 6.54 Å². The highest BCUT2D eigenvalue weighted by Crippen LogP contribution is 2.22. The van der Waals surface area contributed by atoms with E-state index in [1.165, 1.54) is 36.4 Å². The Kier molecular flexibility index (Phi) is 6.49. The largest absolute Gasteiger partial charge is 0.478 e. The van der Waals surface area contributed by atoms with Crippen molar-refractivity contribution in [2.45, 2.75) is 18.2 Å². The molecule has 3 aromatic rings. The van der Waals surface area contributed by atoms with E-state index >= 15 is 0 Å². The van der Waals surface area contributed by atoms with E-state index in [0.29, 0.717) is 23.5 Å². The molecule has 0 bridgehead atoms. The normalized spacial score (nSPS) is 11.3. The third-order valence-corrected chi connectivity index (χ3v) is 5.89. The molecule has 0 aliphatic heterocycles. The first-order chi connectivity index (χ1) is 14.2. The molecule has 0 saturated carbocycles. The van der Waals surface area contributed by atoms with Crippen LogP contribution in [0.2, 0.25) is 0 Å². The predicted octanol–water partition coefficient (Wildman–Crippen LogP) is 4.15. The molecule has 3 rings (SSSR count).